The summed E-state index contributed by atoms with van der Waals surface area (Å²) in [5.74, 6) is -6.72. The minimum atomic E-state index is -4.06. The van der Waals surface area contributed by atoms with Gasteiger partial charge < -0.3 is 0 Å². The number of rotatable bonds is 1. The summed E-state index contributed by atoms with van der Waals surface area (Å²) in [5, 5.41) is 0. The summed E-state index contributed by atoms with van der Waals surface area (Å²) in [6, 6.07) is 0. The van der Waals surface area contributed by atoms with Crippen LogP contribution >= 0.6 is 0 Å². The van der Waals surface area contributed by atoms with Crippen LogP contribution in [0.2, 0.25) is 0 Å². The number of allylic oxidation sites excluding steroid dienone is 1. The van der Waals surface area contributed by atoms with Crippen molar-refractivity contribution in [3.8, 4) is 0 Å². The Morgan fingerprint density at radius 2 is 1.44 bits per heavy atom. The fourth-order valence-corrected chi connectivity index (χ4v) is 0.166. The van der Waals surface area contributed by atoms with E-state index in [1.165, 1.54) is 0 Å². The van der Waals surface area contributed by atoms with Crippen LogP contribution in [0.25, 0.3) is 0 Å². The Hall–Kier alpha value is -0.610. The zero-order valence-electron chi connectivity index (χ0n) is 4.39. The SMILES string of the molecule is CC(F)(F)C(F)=C(F)F. The molecule has 5 heteroatoms. The molecule has 0 saturated heterocycles. The van der Waals surface area contributed by atoms with Gasteiger partial charge in [-0.05, 0) is 0 Å². The summed E-state index contributed by atoms with van der Waals surface area (Å²) in [7, 11) is 0. The molecule has 0 spiro atoms. The molecule has 0 atom stereocenters. The van der Waals surface area contributed by atoms with Crippen LogP contribution in [0.1, 0.15) is 6.92 Å². The van der Waals surface area contributed by atoms with Gasteiger partial charge in [0, 0.05) is 6.92 Å². The van der Waals surface area contributed by atoms with Gasteiger partial charge in [-0.25, -0.2) is 0 Å². The summed E-state index contributed by atoms with van der Waals surface area (Å²) in [4.78, 5) is 0. The third-order valence-electron chi connectivity index (χ3n) is 0.551. The van der Waals surface area contributed by atoms with Crippen molar-refractivity contribution >= 4 is 0 Å². The minimum Gasteiger partial charge on any atom is -0.199 e. The smallest absolute Gasteiger partial charge is 0.199 e. The van der Waals surface area contributed by atoms with Crippen LogP contribution in [0, 0.1) is 0 Å². The summed E-state index contributed by atoms with van der Waals surface area (Å²) in [6.45, 7) is 0.0570. The van der Waals surface area contributed by atoms with Crippen molar-refractivity contribution in [2.45, 2.75) is 12.8 Å². The molecule has 0 aromatic heterocycles. The topological polar surface area (TPSA) is 0 Å². The van der Waals surface area contributed by atoms with Crippen LogP contribution in [0.4, 0.5) is 22.0 Å². The highest BCUT2D eigenvalue weighted by Crippen LogP contribution is 2.27. The van der Waals surface area contributed by atoms with Crippen molar-refractivity contribution in [1.82, 2.24) is 0 Å². The third kappa shape index (κ3) is 2.43. The standard InChI is InChI=1S/C4H3F5/c1-4(8,9)2(5)3(6)7/h1H3. The summed E-state index contributed by atoms with van der Waals surface area (Å²) in [6.07, 6.45) is -2.97. The van der Waals surface area contributed by atoms with Gasteiger partial charge in [-0.15, -0.1) is 0 Å². The monoisotopic (exact) mass is 146 g/mol. The van der Waals surface area contributed by atoms with E-state index in [0.717, 1.165) is 0 Å². The normalized spacial score (nSPS) is 11.3. The molecular weight excluding hydrogens is 143 g/mol. The van der Waals surface area contributed by atoms with E-state index in [1.807, 2.05) is 0 Å². The molecule has 0 aliphatic rings. The molecule has 0 unspecified atom stereocenters. The molecule has 54 valence electrons. The van der Waals surface area contributed by atoms with Crippen molar-refractivity contribution in [2.24, 2.45) is 0 Å². The van der Waals surface area contributed by atoms with Crippen molar-refractivity contribution < 1.29 is 22.0 Å². The second-order valence-electron chi connectivity index (χ2n) is 1.46. The number of halogens is 5. The third-order valence-corrected chi connectivity index (χ3v) is 0.551. The van der Waals surface area contributed by atoms with E-state index in [0.29, 0.717) is 0 Å². The van der Waals surface area contributed by atoms with Crippen LogP contribution in [0.15, 0.2) is 11.9 Å². The van der Waals surface area contributed by atoms with E-state index in [1.54, 1.807) is 0 Å². The Labute approximate surface area is 48.0 Å². The highest BCUT2D eigenvalue weighted by atomic mass is 19.3. The lowest BCUT2D eigenvalue weighted by Gasteiger charge is -2.03. The Morgan fingerprint density at radius 3 is 1.44 bits per heavy atom. The molecule has 0 heterocycles. The second-order valence-corrected chi connectivity index (χ2v) is 1.46. The molecule has 0 aromatic rings. The van der Waals surface area contributed by atoms with Crippen molar-refractivity contribution in [2.75, 3.05) is 0 Å². The largest absolute Gasteiger partial charge is 0.307 e. The summed E-state index contributed by atoms with van der Waals surface area (Å²) < 4.78 is 56.2. The van der Waals surface area contributed by atoms with Gasteiger partial charge in [0.25, 0.3) is 0 Å². The molecule has 0 N–H and O–H groups in total. The predicted molar refractivity (Wildman–Crippen MR) is 21.0 cm³/mol. The molecule has 0 radical (unpaired) electrons. The van der Waals surface area contributed by atoms with E-state index in [2.05, 4.69) is 0 Å². The fourth-order valence-electron chi connectivity index (χ4n) is 0.166. The summed E-state index contributed by atoms with van der Waals surface area (Å²) in [5.41, 5.74) is 0. The van der Waals surface area contributed by atoms with Crippen LogP contribution in [0.5, 0.6) is 0 Å². The van der Waals surface area contributed by atoms with Gasteiger partial charge >= 0.3 is 12.0 Å². The van der Waals surface area contributed by atoms with Gasteiger partial charge in [0.05, 0.1) is 0 Å². The average Bonchev–Trinajstić information content (AvgIpc) is 1.62. The quantitative estimate of drug-likeness (QED) is 0.499. The zero-order chi connectivity index (χ0) is 7.65. The molecule has 0 fully saturated rings. The molecule has 0 saturated carbocycles. The first-order valence-corrected chi connectivity index (χ1v) is 1.94. The van der Waals surface area contributed by atoms with Crippen LogP contribution in [-0.4, -0.2) is 5.92 Å². The second kappa shape index (κ2) is 2.33. The molecular formula is C4H3F5. The first-order chi connectivity index (χ1) is 3.85. The maximum Gasteiger partial charge on any atom is 0.307 e. The number of hydrogen-bond donors (Lipinski definition) is 0. The highest BCUT2D eigenvalue weighted by molar-refractivity contribution is 5.01. The molecule has 9 heavy (non-hydrogen) atoms. The maximum atomic E-state index is 11.5. The lowest BCUT2D eigenvalue weighted by Crippen LogP contribution is -2.10. The molecule has 0 nitrogen and oxygen atoms in total. The van der Waals surface area contributed by atoms with Gasteiger partial charge in [-0.1, -0.05) is 0 Å². The van der Waals surface area contributed by atoms with Crippen LogP contribution in [-0.2, 0) is 0 Å². The van der Waals surface area contributed by atoms with E-state index in [9.17, 15) is 22.0 Å². The molecule has 0 aliphatic carbocycles. The van der Waals surface area contributed by atoms with Gasteiger partial charge in [0.1, 0.15) is 0 Å². The number of hydrogen-bond acceptors (Lipinski definition) is 0. The highest BCUT2D eigenvalue weighted by Gasteiger charge is 2.32. The van der Waals surface area contributed by atoms with E-state index >= 15 is 0 Å². The van der Waals surface area contributed by atoms with Crippen molar-refractivity contribution in [3.63, 3.8) is 0 Å². The lowest BCUT2D eigenvalue weighted by atomic mass is 10.3. The average molecular weight is 146 g/mol. The molecule has 0 aromatic carbocycles. The van der Waals surface area contributed by atoms with Crippen LogP contribution < -0.4 is 0 Å². The van der Waals surface area contributed by atoms with Gasteiger partial charge in [0.2, 0.25) is 5.83 Å². The fraction of sp³-hybridized carbons (Fsp3) is 0.500. The number of alkyl halides is 2. The molecule has 0 amide bonds. The summed E-state index contributed by atoms with van der Waals surface area (Å²) >= 11 is 0. The molecule has 0 bridgehead atoms. The molecule has 0 aliphatic heterocycles. The van der Waals surface area contributed by atoms with Gasteiger partial charge in [-0.3, -0.25) is 0 Å². The van der Waals surface area contributed by atoms with Crippen molar-refractivity contribution in [1.29, 1.82) is 0 Å². The Balaban J connectivity index is 4.40. The predicted octanol–water partition coefficient (Wildman–Crippen LogP) is 2.72. The molecule has 0 rings (SSSR count). The minimum absolute atomic E-state index is 0.0570. The Bertz CT molecular complexity index is 126. The van der Waals surface area contributed by atoms with Gasteiger partial charge in [-0.2, -0.15) is 22.0 Å². The van der Waals surface area contributed by atoms with Gasteiger partial charge in [0.15, 0.2) is 0 Å². The van der Waals surface area contributed by atoms with Crippen molar-refractivity contribution in [3.05, 3.63) is 11.9 Å². The Kier molecular flexibility index (Phi) is 2.17. The zero-order valence-corrected chi connectivity index (χ0v) is 4.39. The van der Waals surface area contributed by atoms with E-state index in [4.69, 9.17) is 0 Å². The van der Waals surface area contributed by atoms with E-state index < -0.39 is 17.8 Å². The van der Waals surface area contributed by atoms with Crippen LogP contribution in [0.3, 0.4) is 0 Å². The lowest BCUT2D eigenvalue weighted by molar-refractivity contribution is 0.0304. The maximum absolute atomic E-state index is 11.5. The first-order valence-electron chi connectivity index (χ1n) is 1.94. The first kappa shape index (κ1) is 8.39. The Morgan fingerprint density at radius 1 is 1.11 bits per heavy atom. The van der Waals surface area contributed by atoms with E-state index in [-0.39, 0.29) is 6.92 Å².